The highest BCUT2D eigenvalue weighted by Crippen LogP contribution is 2.18. The molecule has 0 bridgehead atoms. The van der Waals surface area contributed by atoms with Crippen LogP contribution >= 0.6 is 0 Å². The van der Waals surface area contributed by atoms with Gasteiger partial charge in [-0.3, -0.25) is 4.90 Å². The Morgan fingerprint density at radius 1 is 1.24 bits per heavy atom. The maximum Gasteiger partial charge on any atom is 0.0226 e. The van der Waals surface area contributed by atoms with Gasteiger partial charge < -0.3 is 5.32 Å². The van der Waals surface area contributed by atoms with Crippen LogP contribution < -0.4 is 5.32 Å². The summed E-state index contributed by atoms with van der Waals surface area (Å²) < 4.78 is 0. The van der Waals surface area contributed by atoms with Gasteiger partial charge in [-0.05, 0) is 39.7 Å². The molecule has 0 aromatic rings. The van der Waals surface area contributed by atoms with E-state index in [9.17, 15) is 0 Å². The smallest absolute Gasteiger partial charge is 0.0226 e. The van der Waals surface area contributed by atoms with E-state index in [0.717, 1.165) is 25.6 Å². The van der Waals surface area contributed by atoms with Crippen LogP contribution in [-0.4, -0.2) is 36.1 Å². The van der Waals surface area contributed by atoms with Gasteiger partial charge in [-0.1, -0.05) is 26.8 Å². The van der Waals surface area contributed by atoms with E-state index in [0.29, 0.717) is 6.04 Å². The Morgan fingerprint density at radius 3 is 2.18 bits per heavy atom. The zero-order valence-electron chi connectivity index (χ0n) is 12.7. The van der Waals surface area contributed by atoms with Crippen LogP contribution in [0.15, 0.2) is 12.7 Å². The van der Waals surface area contributed by atoms with Crippen molar-refractivity contribution in [2.24, 2.45) is 5.92 Å². The zero-order valence-corrected chi connectivity index (χ0v) is 12.7. The molecule has 0 aliphatic carbocycles. The molecule has 0 fully saturated rings. The highest BCUT2D eigenvalue weighted by atomic mass is 15.2. The first kappa shape index (κ1) is 16.7. The molecular weight excluding hydrogens is 208 g/mol. The van der Waals surface area contributed by atoms with Gasteiger partial charge in [0.05, 0.1) is 0 Å². The van der Waals surface area contributed by atoms with Crippen molar-refractivity contribution in [3.63, 3.8) is 0 Å². The maximum absolute atomic E-state index is 3.88. The lowest BCUT2D eigenvalue weighted by Crippen LogP contribution is -2.51. The third kappa shape index (κ3) is 6.85. The van der Waals surface area contributed by atoms with Gasteiger partial charge in [-0.15, -0.1) is 6.58 Å². The Labute approximate surface area is 108 Å². The minimum atomic E-state index is 0.203. The van der Waals surface area contributed by atoms with Gasteiger partial charge in [0.25, 0.3) is 0 Å². The summed E-state index contributed by atoms with van der Waals surface area (Å²) >= 11 is 0. The molecule has 0 spiro atoms. The molecule has 2 nitrogen and oxygen atoms in total. The van der Waals surface area contributed by atoms with Gasteiger partial charge in [-0.25, -0.2) is 0 Å². The van der Waals surface area contributed by atoms with Crippen LogP contribution in [0.2, 0.25) is 0 Å². The van der Waals surface area contributed by atoms with Crippen LogP contribution in [0.5, 0.6) is 0 Å². The van der Waals surface area contributed by atoms with Crippen molar-refractivity contribution in [3.8, 4) is 0 Å². The van der Waals surface area contributed by atoms with Crippen molar-refractivity contribution in [3.05, 3.63) is 12.7 Å². The summed E-state index contributed by atoms with van der Waals surface area (Å²) in [6.07, 6.45) is 3.19. The fourth-order valence-electron chi connectivity index (χ4n) is 2.12. The standard InChI is InChI=1S/C15H32N2/c1-8-10-17(15(5,6)7)14(9-2)12-16-11-13(3)4/h8,13-14,16H,1,9-12H2,2-7H3. The summed E-state index contributed by atoms with van der Waals surface area (Å²) in [6, 6.07) is 0.590. The van der Waals surface area contributed by atoms with Crippen LogP contribution in [0.25, 0.3) is 0 Å². The molecule has 0 heterocycles. The molecule has 2 heteroatoms. The lowest BCUT2D eigenvalue weighted by atomic mass is 10.0. The summed E-state index contributed by atoms with van der Waals surface area (Å²) in [4.78, 5) is 2.54. The van der Waals surface area contributed by atoms with Crippen LogP contribution in [-0.2, 0) is 0 Å². The number of hydrogen-bond donors (Lipinski definition) is 1. The average Bonchev–Trinajstić information content (AvgIpc) is 2.20. The molecule has 1 atom stereocenters. The second-order valence-corrected chi connectivity index (χ2v) is 6.23. The molecule has 0 aromatic carbocycles. The van der Waals surface area contributed by atoms with E-state index in [1.165, 1.54) is 6.42 Å². The summed E-state index contributed by atoms with van der Waals surface area (Å²) in [7, 11) is 0. The van der Waals surface area contributed by atoms with Gasteiger partial charge in [0, 0.05) is 24.7 Å². The van der Waals surface area contributed by atoms with E-state index in [2.05, 4.69) is 58.3 Å². The van der Waals surface area contributed by atoms with E-state index in [1.807, 2.05) is 6.08 Å². The van der Waals surface area contributed by atoms with E-state index in [4.69, 9.17) is 0 Å². The van der Waals surface area contributed by atoms with Crippen molar-refractivity contribution in [1.82, 2.24) is 10.2 Å². The molecular formula is C15H32N2. The molecule has 0 amide bonds. The molecule has 102 valence electrons. The molecule has 17 heavy (non-hydrogen) atoms. The quantitative estimate of drug-likeness (QED) is 0.655. The highest BCUT2D eigenvalue weighted by Gasteiger charge is 2.26. The zero-order chi connectivity index (χ0) is 13.5. The van der Waals surface area contributed by atoms with E-state index < -0.39 is 0 Å². The lowest BCUT2D eigenvalue weighted by Gasteiger charge is -2.41. The Morgan fingerprint density at radius 2 is 1.82 bits per heavy atom. The van der Waals surface area contributed by atoms with Crippen molar-refractivity contribution in [1.29, 1.82) is 0 Å². The van der Waals surface area contributed by atoms with Gasteiger partial charge in [-0.2, -0.15) is 0 Å². The monoisotopic (exact) mass is 240 g/mol. The Kier molecular flexibility index (Phi) is 7.73. The Bertz CT molecular complexity index is 203. The van der Waals surface area contributed by atoms with Crippen LogP contribution in [0.3, 0.4) is 0 Å². The van der Waals surface area contributed by atoms with Crippen molar-refractivity contribution in [2.45, 2.75) is 59.5 Å². The molecule has 0 saturated carbocycles. The minimum absolute atomic E-state index is 0.203. The van der Waals surface area contributed by atoms with Crippen LogP contribution in [0, 0.1) is 5.92 Å². The van der Waals surface area contributed by atoms with Crippen molar-refractivity contribution in [2.75, 3.05) is 19.6 Å². The van der Waals surface area contributed by atoms with Crippen molar-refractivity contribution >= 4 is 0 Å². The molecule has 0 radical (unpaired) electrons. The molecule has 1 N–H and O–H groups in total. The summed E-state index contributed by atoms with van der Waals surface area (Å²) in [5.41, 5.74) is 0.203. The molecule has 0 saturated heterocycles. The Hall–Kier alpha value is -0.340. The molecule has 0 aromatic heterocycles. The first-order valence-corrected chi connectivity index (χ1v) is 6.91. The third-order valence-electron chi connectivity index (χ3n) is 3.03. The van der Waals surface area contributed by atoms with Gasteiger partial charge >= 0.3 is 0 Å². The topological polar surface area (TPSA) is 15.3 Å². The molecule has 0 aliphatic rings. The predicted molar refractivity (Wildman–Crippen MR) is 78.4 cm³/mol. The second kappa shape index (κ2) is 7.88. The SMILES string of the molecule is C=CCN(C(CC)CNCC(C)C)C(C)(C)C. The van der Waals surface area contributed by atoms with Crippen LogP contribution in [0.1, 0.15) is 48.0 Å². The van der Waals surface area contributed by atoms with Crippen molar-refractivity contribution < 1.29 is 0 Å². The van der Waals surface area contributed by atoms with E-state index in [1.54, 1.807) is 0 Å². The molecule has 0 aliphatic heterocycles. The lowest BCUT2D eigenvalue weighted by molar-refractivity contribution is 0.0925. The largest absolute Gasteiger partial charge is 0.315 e. The van der Waals surface area contributed by atoms with Crippen LogP contribution in [0.4, 0.5) is 0 Å². The summed E-state index contributed by atoms with van der Waals surface area (Å²) in [5.74, 6) is 0.718. The van der Waals surface area contributed by atoms with Gasteiger partial charge in [0.1, 0.15) is 0 Å². The Balaban J connectivity index is 4.40. The maximum atomic E-state index is 3.88. The number of rotatable bonds is 8. The summed E-state index contributed by atoms with van der Waals surface area (Å²) in [6.45, 7) is 20.6. The number of hydrogen-bond acceptors (Lipinski definition) is 2. The first-order valence-electron chi connectivity index (χ1n) is 6.91. The minimum Gasteiger partial charge on any atom is -0.315 e. The molecule has 1 unspecified atom stereocenters. The average molecular weight is 240 g/mol. The fourth-order valence-corrected chi connectivity index (χ4v) is 2.12. The van der Waals surface area contributed by atoms with E-state index >= 15 is 0 Å². The molecule has 0 rings (SSSR count). The third-order valence-corrected chi connectivity index (χ3v) is 3.03. The second-order valence-electron chi connectivity index (χ2n) is 6.23. The van der Waals surface area contributed by atoms with Gasteiger partial charge in [0.2, 0.25) is 0 Å². The predicted octanol–water partition coefficient (Wildman–Crippen LogP) is 3.30. The number of nitrogens with one attached hydrogen (secondary N) is 1. The first-order chi connectivity index (χ1) is 7.82. The normalized spacial score (nSPS) is 14.4. The highest BCUT2D eigenvalue weighted by molar-refractivity contribution is 4.88. The fraction of sp³-hybridized carbons (Fsp3) is 0.867. The summed E-state index contributed by atoms with van der Waals surface area (Å²) in [5, 5.41) is 3.57. The van der Waals surface area contributed by atoms with E-state index in [-0.39, 0.29) is 5.54 Å². The number of nitrogens with zero attached hydrogens (tertiary/aromatic N) is 1. The van der Waals surface area contributed by atoms with Gasteiger partial charge in [0.15, 0.2) is 0 Å².